The lowest BCUT2D eigenvalue weighted by molar-refractivity contribution is 0.0268. The number of halogens is 2. The second kappa shape index (κ2) is 10.9. The van der Waals surface area contributed by atoms with E-state index in [0.29, 0.717) is 30.7 Å². The molecule has 0 unspecified atom stereocenters. The quantitative estimate of drug-likeness (QED) is 0.376. The van der Waals surface area contributed by atoms with Gasteiger partial charge >= 0.3 is 0 Å². The zero-order chi connectivity index (χ0) is 16.6. The first kappa shape index (κ1) is 22.3. The topological polar surface area (TPSA) is 54.9 Å². The Labute approximate surface area is 161 Å². The maximum atomic E-state index is 6.01. The summed E-state index contributed by atoms with van der Waals surface area (Å²) in [5, 5.41) is 7.17. The highest BCUT2D eigenvalue weighted by atomic mass is 127. The van der Waals surface area contributed by atoms with Crippen molar-refractivity contribution in [2.45, 2.75) is 32.9 Å². The average molecular weight is 456 g/mol. The maximum Gasteiger partial charge on any atom is 0.191 e. The number of ether oxygens (including phenoxy) is 2. The minimum Gasteiger partial charge on any atom is -0.493 e. The molecule has 1 rings (SSSR count). The van der Waals surface area contributed by atoms with Crippen molar-refractivity contribution in [3.05, 3.63) is 28.8 Å². The molecule has 0 aliphatic heterocycles. The molecule has 0 atom stereocenters. The van der Waals surface area contributed by atoms with Crippen molar-refractivity contribution >= 4 is 41.5 Å². The molecule has 0 aliphatic rings. The number of methoxy groups -OCH3 is 1. The monoisotopic (exact) mass is 455 g/mol. The Bertz CT molecular complexity index is 510. The molecule has 0 fully saturated rings. The summed E-state index contributed by atoms with van der Waals surface area (Å²) in [7, 11) is 3.43. The first-order valence-electron chi connectivity index (χ1n) is 7.32. The summed E-state index contributed by atoms with van der Waals surface area (Å²) < 4.78 is 11.0. The molecule has 0 aromatic heterocycles. The van der Waals surface area contributed by atoms with E-state index in [4.69, 9.17) is 21.1 Å². The summed E-state index contributed by atoms with van der Waals surface area (Å²) in [4.78, 5) is 4.21. The largest absolute Gasteiger partial charge is 0.493 e. The molecule has 0 saturated heterocycles. The van der Waals surface area contributed by atoms with Gasteiger partial charge in [0, 0.05) is 37.8 Å². The highest BCUT2D eigenvalue weighted by molar-refractivity contribution is 14.0. The van der Waals surface area contributed by atoms with Crippen LogP contribution >= 0.6 is 35.6 Å². The van der Waals surface area contributed by atoms with E-state index < -0.39 is 0 Å². The van der Waals surface area contributed by atoms with Gasteiger partial charge in [-0.2, -0.15) is 0 Å². The lowest BCUT2D eigenvalue weighted by Gasteiger charge is -2.24. The minimum atomic E-state index is -0.256. The van der Waals surface area contributed by atoms with Gasteiger partial charge in [0.25, 0.3) is 0 Å². The number of benzene rings is 1. The molecule has 1 aromatic carbocycles. The fraction of sp³-hybridized carbons (Fsp3) is 0.562. The first-order valence-corrected chi connectivity index (χ1v) is 7.70. The van der Waals surface area contributed by atoms with E-state index in [1.165, 1.54) is 0 Å². The third-order valence-corrected chi connectivity index (χ3v) is 3.47. The number of hydrogen-bond acceptors (Lipinski definition) is 3. The molecule has 5 nitrogen and oxygen atoms in total. The van der Waals surface area contributed by atoms with Gasteiger partial charge in [-0.1, -0.05) is 17.7 Å². The Balaban J connectivity index is 0.00000484. The standard InChI is InChI=1S/C16H26ClN3O2.HI/c1-6-22-14-9-13(17)8-7-12(14)10-19-15(18-4)20-11-16(2,3)21-5;/h7-9H,6,10-11H2,1-5H3,(H2,18,19,20);1H. The first-order chi connectivity index (χ1) is 10.4. The summed E-state index contributed by atoms with van der Waals surface area (Å²) in [6.07, 6.45) is 0. The summed E-state index contributed by atoms with van der Waals surface area (Å²) in [6.45, 7) is 7.83. The van der Waals surface area contributed by atoms with Crippen molar-refractivity contribution in [3.63, 3.8) is 0 Å². The third-order valence-electron chi connectivity index (χ3n) is 3.23. The Morgan fingerprint density at radius 2 is 2.00 bits per heavy atom. The fourth-order valence-electron chi connectivity index (χ4n) is 1.73. The van der Waals surface area contributed by atoms with Gasteiger partial charge in [0.05, 0.1) is 12.2 Å². The average Bonchev–Trinajstić information content (AvgIpc) is 2.49. The van der Waals surface area contributed by atoms with Gasteiger partial charge < -0.3 is 20.1 Å². The predicted molar refractivity (Wildman–Crippen MR) is 107 cm³/mol. The van der Waals surface area contributed by atoms with E-state index in [-0.39, 0.29) is 29.6 Å². The van der Waals surface area contributed by atoms with Crippen LogP contribution in [0.15, 0.2) is 23.2 Å². The van der Waals surface area contributed by atoms with Crippen LogP contribution < -0.4 is 15.4 Å². The van der Waals surface area contributed by atoms with E-state index in [1.807, 2.05) is 39.0 Å². The number of hydrogen-bond donors (Lipinski definition) is 2. The molecule has 0 saturated carbocycles. The lowest BCUT2D eigenvalue weighted by Crippen LogP contribution is -2.45. The van der Waals surface area contributed by atoms with Gasteiger partial charge in [0.2, 0.25) is 0 Å². The molecule has 132 valence electrons. The molecule has 7 heteroatoms. The van der Waals surface area contributed by atoms with Gasteiger partial charge in [-0.15, -0.1) is 24.0 Å². The molecule has 0 spiro atoms. The third kappa shape index (κ3) is 8.08. The lowest BCUT2D eigenvalue weighted by atomic mass is 10.1. The Morgan fingerprint density at radius 1 is 1.30 bits per heavy atom. The zero-order valence-electron chi connectivity index (χ0n) is 14.4. The molecule has 0 bridgehead atoms. The van der Waals surface area contributed by atoms with Crippen LogP contribution in [0.1, 0.15) is 26.3 Å². The molecule has 0 aliphatic carbocycles. The second-order valence-corrected chi connectivity index (χ2v) is 5.86. The van der Waals surface area contributed by atoms with Crippen LogP contribution in [0.4, 0.5) is 0 Å². The molecule has 0 amide bonds. The van der Waals surface area contributed by atoms with Crippen molar-refractivity contribution in [2.24, 2.45) is 4.99 Å². The van der Waals surface area contributed by atoms with Crippen LogP contribution in [0.25, 0.3) is 0 Å². The number of aliphatic imine (C=N–C) groups is 1. The van der Waals surface area contributed by atoms with Gasteiger partial charge in [0.15, 0.2) is 5.96 Å². The smallest absolute Gasteiger partial charge is 0.191 e. The molecule has 1 aromatic rings. The molecule has 0 radical (unpaired) electrons. The molecule has 23 heavy (non-hydrogen) atoms. The normalized spacial score (nSPS) is 11.7. The van der Waals surface area contributed by atoms with E-state index in [1.54, 1.807) is 14.2 Å². The van der Waals surface area contributed by atoms with Gasteiger partial charge in [0.1, 0.15) is 5.75 Å². The Kier molecular flexibility index (Phi) is 10.6. The van der Waals surface area contributed by atoms with Crippen LogP contribution in [0.3, 0.4) is 0 Å². The fourth-order valence-corrected chi connectivity index (χ4v) is 1.89. The van der Waals surface area contributed by atoms with Crippen molar-refractivity contribution in [2.75, 3.05) is 27.3 Å². The van der Waals surface area contributed by atoms with Crippen LogP contribution in [-0.2, 0) is 11.3 Å². The van der Waals surface area contributed by atoms with Crippen molar-refractivity contribution in [3.8, 4) is 5.75 Å². The Hall–Kier alpha value is -0.730. The SMILES string of the molecule is CCOc1cc(Cl)ccc1CNC(=NC)NCC(C)(C)OC.I. The summed E-state index contributed by atoms with van der Waals surface area (Å²) >= 11 is 6.01. The highest BCUT2D eigenvalue weighted by Crippen LogP contribution is 2.23. The second-order valence-electron chi connectivity index (χ2n) is 5.43. The van der Waals surface area contributed by atoms with E-state index in [2.05, 4.69) is 15.6 Å². The van der Waals surface area contributed by atoms with Crippen LogP contribution in [-0.4, -0.2) is 38.9 Å². The van der Waals surface area contributed by atoms with Gasteiger partial charge in [-0.05, 0) is 32.9 Å². The van der Waals surface area contributed by atoms with Crippen molar-refractivity contribution in [1.29, 1.82) is 0 Å². The minimum absolute atomic E-state index is 0. The summed E-state index contributed by atoms with van der Waals surface area (Å²) in [5.74, 6) is 1.50. The Morgan fingerprint density at radius 3 is 2.57 bits per heavy atom. The summed E-state index contributed by atoms with van der Waals surface area (Å²) in [6, 6.07) is 5.63. The van der Waals surface area contributed by atoms with Crippen molar-refractivity contribution < 1.29 is 9.47 Å². The number of nitrogens with one attached hydrogen (secondary N) is 2. The molecular weight excluding hydrogens is 429 g/mol. The van der Waals surface area contributed by atoms with Crippen LogP contribution in [0.5, 0.6) is 5.75 Å². The molecule has 2 N–H and O–H groups in total. The molecule has 0 heterocycles. The number of rotatable bonds is 7. The highest BCUT2D eigenvalue weighted by Gasteiger charge is 2.16. The molecular formula is C16H27ClIN3O2. The van der Waals surface area contributed by atoms with Crippen LogP contribution in [0, 0.1) is 0 Å². The maximum absolute atomic E-state index is 6.01. The van der Waals surface area contributed by atoms with E-state index in [0.717, 1.165) is 11.3 Å². The predicted octanol–water partition coefficient (Wildman–Crippen LogP) is 3.45. The zero-order valence-corrected chi connectivity index (χ0v) is 17.5. The number of guanidine groups is 1. The number of nitrogens with zero attached hydrogens (tertiary/aromatic N) is 1. The van der Waals surface area contributed by atoms with E-state index >= 15 is 0 Å². The van der Waals surface area contributed by atoms with Crippen LogP contribution in [0.2, 0.25) is 5.02 Å². The summed E-state index contributed by atoms with van der Waals surface area (Å²) in [5.41, 5.74) is 0.772. The van der Waals surface area contributed by atoms with Gasteiger partial charge in [-0.25, -0.2) is 0 Å². The van der Waals surface area contributed by atoms with E-state index in [9.17, 15) is 0 Å². The van der Waals surface area contributed by atoms with Gasteiger partial charge in [-0.3, -0.25) is 4.99 Å². The van der Waals surface area contributed by atoms with Crippen molar-refractivity contribution in [1.82, 2.24) is 10.6 Å².